The predicted octanol–water partition coefficient (Wildman–Crippen LogP) is 3.17. The number of fused-ring (bicyclic) bond motifs is 1. The van der Waals surface area contributed by atoms with E-state index in [1.807, 2.05) is 0 Å². The lowest BCUT2D eigenvalue weighted by Gasteiger charge is -2.13. The number of hydrogen-bond donors (Lipinski definition) is 2. The molecule has 0 saturated heterocycles. The van der Waals surface area contributed by atoms with Crippen LogP contribution in [0, 0.1) is 0 Å². The van der Waals surface area contributed by atoms with Gasteiger partial charge in [0.25, 0.3) is 11.5 Å². The molecule has 1 heterocycles. The minimum atomic E-state index is -2.97. The molecule has 29 heavy (non-hydrogen) atoms. The van der Waals surface area contributed by atoms with Crippen molar-refractivity contribution in [3.8, 4) is 5.75 Å². The summed E-state index contributed by atoms with van der Waals surface area (Å²) in [5.74, 6) is -0.433. The Bertz CT molecular complexity index is 1110. The minimum absolute atomic E-state index is 0.0458. The van der Waals surface area contributed by atoms with Crippen LogP contribution in [0.5, 0.6) is 5.75 Å². The second-order valence-corrected chi connectivity index (χ2v) is 5.87. The second kappa shape index (κ2) is 8.96. The lowest BCUT2D eigenvalue weighted by Crippen LogP contribution is -2.33. The van der Waals surface area contributed by atoms with Gasteiger partial charge in [-0.25, -0.2) is 4.98 Å². The Labute approximate surface area is 164 Å². The van der Waals surface area contributed by atoms with Crippen LogP contribution in [-0.2, 0) is 11.3 Å². The van der Waals surface area contributed by atoms with Crippen molar-refractivity contribution < 1.29 is 18.3 Å². The molecule has 0 aliphatic rings. The Hall–Kier alpha value is -3.75. The number of para-hydroxylation sites is 2. The van der Waals surface area contributed by atoms with Crippen LogP contribution in [-0.4, -0.2) is 22.1 Å². The summed E-state index contributed by atoms with van der Waals surface area (Å²) in [6, 6.07) is 13.0. The van der Waals surface area contributed by atoms with E-state index in [9.17, 15) is 18.4 Å². The van der Waals surface area contributed by atoms with Crippen molar-refractivity contribution in [3.05, 3.63) is 70.5 Å². The average molecular weight is 400 g/mol. The standard InChI is InChI=1S/C20H18F2N4O3/c1-2-26-18(28)14-8-4-5-9-15(14)23-20(26)25-24-17(27)12-11-13-7-3-6-10-16(13)29-19(21)22/h3-12,19H,2H2,1H3,(H,23,25)(H,24,27)/b12-11+. The number of halogens is 2. The molecule has 1 aromatic heterocycles. The first-order valence-electron chi connectivity index (χ1n) is 8.77. The zero-order chi connectivity index (χ0) is 20.8. The van der Waals surface area contributed by atoms with Gasteiger partial charge in [-0.05, 0) is 31.2 Å². The van der Waals surface area contributed by atoms with Crippen molar-refractivity contribution in [1.82, 2.24) is 15.0 Å². The van der Waals surface area contributed by atoms with Crippen LogP contribution in [0.1, 0.15) is 12.5 Å². The van der Waals surface area contributed by atoms with E-state index in [-0.39, 0.29) is 17.3 Å². The van der Waals surface area contributed by atoms with Gasteiger partial charge < -0.3 is 4.74 Å². The third kappa shape index (κ3) is 4.75. The maximum Gasteiger partial charge on any atom is 0.387 e. The first-order chi connectivity index (χ1) is 14.0. The maximum absolute atomic E-state index is 12.5. The number of carbonyl (C=O) groups is 1. The number of carbonyl (C=O) groups excluding carboxylic acids is 1. The Balaban J connectivity index is 1.75. The first-order valence-corrected chi connectivity index (χ1v) is 8.77. The summed E-state index contributed by atoms with van der Waals surface area (Å²) < 4.78 is 30.7. The van der Waals surface area contributed by atoms with Crippen LogP contribution in [0.25, 0.3) is 17.0 Å². The quantitative estimate of drug-likeness (QED) is 0.470. The summed E-state index contributed by atoms with van der Waals surface area (Å²) >= 11 is 0. The fraction of sp³-hybridized carbons (Fsp3) is 0.150. The smallest absolute Gasteiger partial charge is 0.387 e. The Morgan fingerprint density at radius 3 is 2.69 bits per heavy atom. The summed E-state index contributed by atoms with van der Waals surface area (Å²) in [5, 5.41) is 0.474. The topological polar surface area (TPSA) is 85.2 Å². The van der Waals surface area contributed by atoms with Gasteiger partial charge in [0.15, 0.2) is 0 Å². The van der Waals surface area contributed by atoms with Gasteiger partial charge in [0.1, 0.15) is 5.75 Å². The molecule has 0 atom stereocenters. The van der Waals surface area contributed by atoms with E-state index < -0.39 is 12.5 Å². The summed E-state index contributed by atoms with van der Waals surface area (Å²) in [7, 11) is 0. The van der Waals surface area contributed by atoms with Crippen LogP contribution in [0.3, 0.4) is 0 Å². The highest BCUT2D eigenvalue weighted by Crippen LogP contribution is 2.21. The molecule has 7 nitrogen and oxygen atoms in total. The van der Waals surface area contributed by atoms with Crippen LogP contribution >= 0.6 is 0 Å². The Morgan fingerprint density at radius 1 is 1.21 bits per heavy atom. The van der Waals surface area contributed by atoms with Gasteiger partial charge in [-0.15, -0.1) is 0 Å². The van der Waals surface area contributed by atoms with Gasteiger partial charge in [-0.2, -0.15) is 8.78 Å². The Morgan fingerprint density at radius 2 is 1.93 bits per heavy atom. The number of benzene rings is 2. The lowest BCUT2D eigenvalue weighted by molar-refractivity contribution is -0.116. The summed E-state index contributed by atoms with van der Waals surface area (Å²) in [5.41, 5.74) is 5.62. The zero-order valence-corrected chi connectivity index (χ0v) is 15.4. The highest BCUT2D eigenvalue weighted by atomic mass is 19.3. The van der Waals surface area contributed by atoms with Crippen LogP contribution in [0.15, 0.2) is 59.4 Å². The van der Waals surface area contributed by atoms with E-state index in [4.69, 9.17) is 0 Å². The molecule has 1 amide bonds. The second-order valence-electron chi connectivity index (χ2n) is 5.87. The third-order valence-electron chi connectivity index (χ3n) is 4.02. The van der Waals surface area contributed by atoms with Crippen molar-refractivity contribution in [1.29, 1.82) is 0 Å². The normalized spacial score (nSPS) is 11.2. The van der Waals surface area contributed by atoms with Gasteiger partial charge in [-0.3, -0.25) is 25.0 Å². The molecular weight excluding hydrogens is 382 g/mol. The molecule has 2 N–H and O–H groups in total. The van der Waals surface area contributed by atoms with Crippen LogP contribution in [0.4, 0.5) is 14.7 Å². The van der Waals surface area contributed by atoms with Gasteiger partial charge in [0.05, 0.1) is 10.9 Å². The number of hydrazine groups is 1. The van der Waals surface area contributed by atoms with E-state index >= 15 is 0 Å². The van der Waals surface area contributed by atoms with Crippen molar-refractivity contribution in [3.63, 3.8) is 0 Å². The van der Waals surface area contributed by atoms with Gasteiger partial charge >= 0.3 is 6.61 Å². The summed E-state index contributed by atoms with van der Waals surface area (Å²) in [6.07, 6.45) is 2.49. The number of amides is 1. The summed E-state index contributed by atoms with van der Waals surface area (Å²) in [4.78, 5) is 29.0. The van der Waals surface area contributed by atoms with Gasteiger partial charge in [0.2, 0.25) is 5.95 Å². The predicted molar refractivity (Wildman–Crippen MR) is 106 cm³/mol. The molecule has 0 radical (unpaired) electrons. The number of anilines is 1. The van der Waals surface area contributed by atoms with E-state index in [2.05, 4.69) is 20.6 Å². The number of nitrogens with one attached hydrogen (secondary N) is 2. The molecule has 0 unspecified atom stereocenters. The molecule has 0 aliphatic heterocycles. The molecule has 0 bridgehead atoms. The van der Waals surface area contributed by atoms with Crippen LogP contribution < -0.4 is 21.1 Å². The molecule has 9 heteroatoms. The average Bonchev–Trinajstić information content (AvgIpc) is 2.71. The van der Waals surface area contributed by atoms with Gasteiger partial charge in [0, 0.05) is 18.2 Å². The largest absolute Gasteiger partial charge is 0.434 e. The van der Waals surface area contributed by atoms with E-state index in [0.29, 0.717) is 23.0 Å². The fourth-order valence-electron chi connectivity index (χ4n) is 2.70. The summed E-state index contributed by atoms with van der Waals surface area (Å²) in [6.45, 7) is -0.835. The highest BCUT2D eigenvalue weighted by molar-refractivity contribution is 5.92. The molecule has 150 valence electrons. The molecular formula is C20H18F2N4O3. The van der Waals surface area contributed by atoms with Crippen molar-refractivity contribution >= 4 is 28.8 Å². The number of nitrogens with zero attached hydrogens (tertiary/aromatic N) is 2. The number of alkyl halides is 2. The highest BCUT2D eigenvalue weighted by Gasteiger charge is 2.10. The monoisotopic (exact) mass is 400 g/mol. The number of aromatic nitrogens is 2. The van der Waals surface area contributed by atoms with E-state index in [1.165, 1.54) is 22.8 Å². The molecule has 3 aromatic rings. The van der Waals surface area contributed by atoms with Crippen molar-refractivity contribution in [2.45, 2.75) is 20.1 Å². The minimum Gasteiger partial charge on any atom is -0.434 e. The Kier molecular flexibility index (Phi) is 6.18. The molecule has 3 rings (SSSR count). The lowest BCUT2D eigenvalue weighted by atomic mass is 10.2. The van der Waals surface area contributed by atoms with Crippen LogP contribution in [0.2, 0.25) is 0 Å². The molecule has 0 aliphatic carbocycles. The molecule has 0 fully saturated rings. The molecule has 0 saturated carbocycles. The number of hydrogen-bond acceptors (Lipinski definition) is 5. The van der Waals surface area contributed by atoms with Crippen molar-refractivity contribution in [2.75, 3.05) is 5.43 Å². The first kappa shape index (κ1) is 20.0. The van der Waals surface area contributed by atoms with E-state index in [0.717, 1.165) is 6.08 Å². The third-order valence-corrected chi connectivity index (χ3v) is 4.02. The van der Waals surface area contributed by atoms with Crippen molar-refractivity contribution in [2.24, 2.45) is 0 Å². The zero-order valence-electron chi connectivity index (χ0n) is 15.4. The number of ether oxygens (including phenoxy) is 1. The SMILES string of the molecule is CCn1c(NNC(=O)/C=C/c2ccccc2OC(F)F)nc2ccccc2c1=O. The molecule has 0 spiro atoms. The van der Waals surface area contributed by atoms with E-state index in [1.54, 1.807) is 43.3 Å². The fourth-order valence-corrected chi connectivity index (χ4v) is 2.70. The maximum atomic E-state index is 12.5. The van der Waals surface area contributed by atoms with Gasteiger partial charge in [-0.1, -0.05) is 30.3 Å². The number of rotatable bonds is 7. The molecule has 2 aromatic carbocycles.